The minimum Gasteiger partial charge on any atom is -0.426 e. The predicted molar refractivity (Wildman–Crippen MR) is 122 cm³/mol. The second-order valence-electron chi connectivity index (χ2n) is 7.30. The van der Waals surface area contributed by atoms with Crippen molar-refractivity contribution in [2.24, 2.45) is 0 Å². The Hall–Kier alpha value is -4.43. The van der Waals surface area contributed by atoms with E-state index in [1.807, 2.05) is 24.3 Å². The molecule has 156 valence electrons. The maximum atomic E-state index is 14.6. The number of carbonyl (C=O) groups excluding carboxylic acids is 1. The number of esters is 1. The van der Waals surface area contributed by atoms with Gasteiger partial charge in [0.25, 0.3) is 0 Å². The number of nitriles is 1. The molecule has 0 saturated carbocycles. The molecule has 0 amide bonds. The van der Waals surface area contributed by atoms with Gasteiger partial charge in [0.2, 0.25) is 0 Å². The van der Waals surface area contributed by atoms with Crippen molar-refractivity contribution in [1.29, 1.82) is 5.26 Å². The number of ether oxygens (including phenoxy) is 1. The summed E-state index contributed by atoms with van der Waals surface area (Å²) >= 11 is 0. The molecule has 5 heteroatoms. The van der Waals surface area contributed by atoms with Crippen molar-refractivity contribution in [3.8, 4) is 34.1 Å². The standard InChI is InChI=1S/C27H19FN2O2/c28-26-15-19(3-14-25(26)22-6-10-23(30)11-7-22)16-27(31)32-24-12-8-21(9-13-24)20-4-1-18(17-29)2-5-20/h1-15H,16,30H2. The molecule has 0 fully saturated rings. The number of nitrogens with two attached hydrogens (primary N) is 1. The topological polar surface area (TPSA) is 76.1 Å². The van der Waals surface area contributed by atoms with Gasteiger partial charge >= 0.3 is 5.97 Å². The first-order chi connectivity index (χ1) is 15.5. The third-order valence-corrected chi connectivity index (χ3v) is 5.04. The molecule has 0 aliphatic rings. The molecule has 0 spiro atoms. The highest BCUT2D eigenvalue weighted by Gasteiger charge is 2.11. The van der Waals surface area contributed by atoms with Crippen molar-refractivity contribution in [3.05, 3.63) is 108 Å². The van der Waals surface area contributed by atoms with E-state index in [0.29, 0.717) is 33.7 Å². The van der Waals surface area contributed by atoms with E-state index in [0.717, 1.165) is 11.1 Å². The summed E-state index contributed by atoms with van der Waals surface area (Å²) in [6, 6.07) is 28.0. The molecule has 0 aliphatic carbocycles. The van der Waals surface area contributed by atoms with Crippen LogP contribution in [0, 0.1) is 17.1 Å². The minimum absolute atomic E-state index is 0.0453. The van der Waals surface area contributed by atoms with Crippen molar-refractivity contribution in [3.63, 3.8) is 0 Å². The zero-order valence-electron chi connectivity index (χ0n) is 17.1. The van der Waals surface area contributed by atoms with Crippen LogP contribution in [0.2, 0.25) is 0 Å². The molecular weight excluding hydrogens is 403 g/mol. The van der Waals surface area contributed by atoms with Crippen LogP contribution in [0.15, 0.2) is 91.0 Å². The van der Waals surface area contributed by atoms with Crippen LogP contribution in [0.1, 0.15) is 11.1 Å². The highest BCUT2D eigenvalue weighted by molar-refractivity contribution is 5.76. The van der Waals surface area contributed by atoms with Crippen LogP contribution in [0.5, 0.6) is 5.75 Å². The Labute approximate surface area is 185 Å². The molecule has 0 heterocycles. The fraction of sp³-hybridized carbons (Fsp3) is 0.0370. The van der Waals surface area contributed by atoms with E-state index in [4.69, 9.17) is 15.7 Å². The van der Waals surface area contributed by atoms with Gasteiger partial charge in [-0.3, -0.25) is 4.79 Å². The van der Waals surface area contributed by atoms with Crippen LogP contribution in [-0.4, -0.2) is 5.97 Å². The molecule has 4 rings (SSSR count). The third-order valence-electron chi connectivity index (χ3n) is 5.04. The Morgan fingerprint density at radius 1 is 0.844 bits per heavy atom. The number of carbonyl (C=O) groups is 1. The summed E-state index contributed by atoms with van der Waals surface area (Å²) in [6.45, 7) is 0. The summed E-state index contributed by atoms with van der Waals surface area (Å²) in [4.78, 5) is 12.3. The maximum absolute atomic E-state index is 14.6. The van der Waals surface area contributed by atoms with Gasteiger partial charge in [0.05, 0.1) is 18.1 Å². The van der Waals surface area contributed by atoms with E-state index in [1.54, 1.807) is 60.7 Å². The molecule has 2 N–H and O–H groups in total. The summed E-state index contributed by atoms with van der Waals surface area (Å²) in [5.74, 6) is -0.478. The summed E-state index contributed by atoms with van der Waals surface area (Å²) < 4.78 is 20.0. The fourth-order valence-corrected chi connectivity index (χ4v) is 3.35. The first-order valence-corrected chi connectivity index (χ1v) is 9.97. The van der Waals surface area contributed by atoms with E-state index in [-0.39, 0.29) is 6.42 Å². The van der Waals surface area contributed by atoms with Crippen LogP contribution in [-0.2, 0) is 11.2 Å². The van der Waals surface area contributed by atoms with E-state index < -0.39 is 11.8 Å². The van der Waals surface area contributed by atoms with E-state index in [1.165, 1.54) is 6.07 Å². The lowest BCUT2D eigenvalue weighted by Crippen LogP contribution is -2.11. The SMILES string of the molecule is N#Cc1ccc(-c2ccc(OC(=O)Cc3ccc(-c4ccc(N)cc4)c(F)c3)cc2)cc1. The van der Waals surface area contributed by atoms with Crippen molar-refractivity contribution >= 4 is 11.7 Å². The number of nitrogen functional groups attached to an aromatic ring is 1. The number of hydrogen-bond acceptors (Lipinski definition) is 4. The van der Waals surface area contributed by atoms with Gasteiger partial charge in [-0.25, -0.2) is 4.39 Å². The highest BCUT2D eigenvalue weighted by atomic mass is 19.1. The summed E-state index contributed by atoms with van der Waals surface area (Å²) in [5.41, 5.74) is 10.5. The number of halogens is 1. The first kappa shape index (κ1) is 20.8. The van der Waals surface area contributed by atoms with Gasteiger partial charge in [0.1, 0.15) is 11.6 Å². The molecular formula is C27H19FN2O2. The highest BCUT2D eigenvalue weighted by Crippen LogP contribution is 2.26. The molecule has 4 aromatic rings. The number of benzene rings is 4. The Morgan fingerprint density at radius 2 is 1.44 bits per heavy atom. The minimum atomic E-state index is -0.476. The lowest BCUT2D eigenvalue weighted by Gasteiger charge is -2.08. The molecule has 0 unspecified atom stereocenters. The second kappa shape index (κ2) is 9.15. The molecule has 0 saturated heterocycles. The molecule has 0 atom stereocenters. The average molecular weight is 422 g/mol. The van der Waals surface area contributed by atoms with Gasteiger partial charge in [-0.15, -0.1) is 0 Å². The maximum Gasteiger partial charge on any atom is 0.315 e. The van der Waals surface area contributed by atoms with Gasteiger partial charge in [-0.1, -0.05) is 48.5 Å². The quantitative estimate of drug-likeness (QED) is 0.252. The molecule has 0 aromatic heterocycles. The second-order valence-corrected chi connectivity index (χ2v) is 7.30. The summed E-state index contributed by atoms with van der Waals surface area (Å²) in [7, 11) is 0. The van der Waals surface area contributed by atoms with E-state index >= 15 is 0 Å². The van der Waals surface area contributed by atoms with Gasteiger partial charge < -0.3 is 10.5 Å². The number of anilines is 1. The number of nitrogens with zero attached hydrogens (tertiary/aromatic N) is 1. The zero-order chi connectivity index (χ0) is 22.5. The summed E-state index contributed by atoms with van der Waals surface area (Å²) in [6.07, 6.45) is -0.0453. The Balaban J connectivity index is 1.40. The Bertz CT molecular complexity index is 1290. The molecule has 0 aliphatic heterocycles. The van der Waals surface area contributed by atoms with E-state index in [2.05, 4.69) is 6.07 Å². The van der Waals surface area contributed by atoms with Crippen LogP contribution in [0.4, 0.5) is 10.1 Å². The summed E-state index contributed by atoms with van der Waals surface area (Å²) in [5, 5.41) is 8.89. The van der Waals surface area contributed by atoms with Crippen LogP contribution >= 0.6 is 0 Å². The van der Waals surface area contributed by atoms with E-state index in [9.17, 15) is 9.18 Å². The third kappa shape index (κ3) is 4.82. The monoisotopic (exact) mass is 422 g/mol. The average Bonchev–Trinajstić information content (AvgIpc) is 2.80. The van der Waals surface area contributed by atoms with Crippen molar-refractivity contribution < 1.29 is 13.9 Å². The number of hydrogen-bond donors (Lipinski definition) is 1. The van der Waals surface area contributed by atoms with Gasteiger partial charge in [-0.2, -0.15) is 5.26 Å². The molecule has 4 aromatic carbocycles. The lowest BCUT2D eigenvalue weighted by molar-refractivity contribution is -0.133. The Morgan fingerprint density at radius 3 is 2.03 bits per heavy atom. The van der Waals surface area contributed by atoms with Gasteiger partial charge in [0, 0.05) is 11.3 Å². The van der Waals surface area contributed by atoms with Crippen molar-refractivity contribution in [1.82, 2.24) is 0 Å². The fourth-order valence-electron chi connectivity index (χ4n) is 3.35. The molecule has 32 heavy (non-hydrogen) atoms. The Kier molecular flexibility index (Phi) is 5.96. The predicted octanol–water partition coefficient (Wildman–Crippen LogP) is 5.76. The van der Waals surface area contributed by atoms with Gasteiger partial charge in [-0.05, 0) is 64.7 Å². The zero-order valence-corrected chi connectivity index (χ0v) is 17.1. The largest absolute Gasteiger partial charge is 0.426 e. The molecule has 0 radical (unpaired) electrons. The van der Waals surface area contributed by atoms with Crippen LogP contribution < -0.4 is 10.5 Å². The molecule has 0 bridgehead atoms. The van der Waals surface area contributed by atoms with Crippen molar-refractivity contribution in [2.45, 2.75) is 6.42 Å². The lowest BCUT2D eigenvalue weighted by atomic mass is 10.0. The van der Waals surface area contributed by atoms with Crippen LogP contribution in [0.3, 0.4) is 0 Å². The van der Waals surface area contributed by atoms with Gasteiger partial charge in [0.15, 0.2) is 0 Å². The smallest absolute Gasteiger partial charge is 0.315 e. The normalized spacial score (nSPS) is 10.4. The molecule has 4 nitrogen and oxygen atoms in total. The van der Waals surface area contributed by atoms with Crippen molar-refractivity contribution in [2.75, 3.05) is 5.73 Å². The first-order valence-electron chi connectivity index (χ1n) is 9.97. The van der Waals surface area contributed by atoms with Crippen LogP contribution in [0.25, 0.3) is 22.3 Å². The number of rotatable bonds is 5.